The maximum atomic E-state index is 11.3. The Kier molecular flexibility index (Phi) is 16.9. The monoisotopic (exact) mass is 688 g/mol. The third-order valence-corrected chi connectivity index (χ3v) is 11.8. The summed E-state index contributed by atoms with van der Waals surface area (Å²) in [6, 6.07) is 29.1. The van der Waals surface area contributed by atoms with E-state index in [-0.39, 0.29) is 18.2 Å². The van der Waals surface area contributed by atoms with E-state index in [1.54, 1.807) is 0 Å². The van der Waals surface area contributed by atoms with Gasteiger partial charge in [0.15, 0.2) is 0 Å². The number of ether oxygens (including phenoxy) is 1. The zero-order chi connectivity index (χ0) is 32.2. The lowest BCUT2D eigenvalue weighted by Crippen LogP contribution is -2.64. The number of rotatable bonds is 20. The molecule has 0 heterocycles. The number of carbonyl (C=O) groups excluding carboxylic acids is 1. The number of unbranched alkanes of at least 4 members (excludes halogenated alkanes) is 5. The lowest BCUT2D eigenvalue weighted by atomic mass is 10.1. The van der Waals surface area contributed by atoms with E-state index in [9.17, 15) is 4.79 Å². The molecule has 2 atom stereocenters. The molecular formula is C39H49BrO4Si. The van der Waals surface area contributed by atoms with Gasteiger partial charge in [-0.3, -0.25) is 4.79 Å². The Balaban J connectivity index is 1.89. The molecule has 0 N–H and O–H groups in total. The Bertz CT molecular complexity index is 1300. The number of carbonyl (C=O) groups is 1. The van der Waals surface area contributed by atoms with Gasteiger partial charge in [0.2, 0.25) is 0 Å². The zero-order valence-electron chi connectivity index (χ0n) is 27.1. The lowest BCUT2D eigenvalue weighted by Gasteiger charge is -2.36. The van der Waals surface area contributed by atoms with E-state index in [0.29, 0.717) is 6.42 Å². The minimum absolute atomic E-state index is 0.123. The van der Waals surface area contributed by atoms with Gasteiger partial charge in [0.1, 0.15) is 0 Å². The zero-order valence-corrected chi connectivity index (χ0v) is 29.7. The molecule has 0 aliphatic rings. The standard InChI is InChI=1S/C39H49BrO4Si/c1-4-5-6-10-15-24-34(25-16-11-8-7-9-12-21-32-39(41)42-3)44-45(35-26-17-13-18-27-35,36-28-19-14-20-29-36)43-33(2)37-30-22-23-31-38(37)40/h5-6,13-20,22-31,33-34H,4,7-12,21,32H2,1-3H3/b6-5-,24-15-,25-16-/t33-,34+/m1/s1. The molecule has 0 aromatic heterocycles. The summed E-state index contributed by atoms with van der Waals surface area (Å²) in [6.07, 6.45) is 21.3. The first kappa shape index (κ1) is 36.4. The van der Waals surface area contributed by atoms with Crippen LogP contribution in [0.1, 0.15) is 83.3 Å². The predicted octanol–water partition coefficient (Wildman–Crippen LogP) is 9.54. The molecule has 4 nitrogen and oxygen atoms in total. The molecule has 0 aliphatic carbocycles. The first-order valence-electron chi connectivity index (χ1n) is 16.3. The molecule has 0 amide bonds. The van der Waals surface area contributed by atoms with Crippen molar-refractivity contribution in [3.05, 3.63) is 131 Å². The highest BCUT2D eigenvalue weighted by Crippen LogP contribution is 2.29. The summed E-state index contributed by atoms with van der Waals surface area (Å²) >= 11 is 3.75. The van der Waals surface area contributed by atoms with Crippen LogP contribution in [0.15, 0.2) is 126 Å². The smallest absolute Gasteiger partial charge is 0.408 e. The van der Waals surface area contributed by atoms with Gasteiger partial charge in [0, 0.05) is 10.9 Å². The molecule has 0 spiro atoms. The molecule has 3 aromatic carbocycles. The van der Waals surface area contributed by atoms with E-state index in [4.69, 9.17) is 13.6 Å². The SMILES string of the molecule is CC/C=C\C/C=C\[C@@H](/C=C\CCCCCCCC(=O)OC)O[Si](O[C@H](C)c1ccccc1Br)(c1ccccc1)c1ccccc1. The molecular weight excluding hydrogens is 640 g/mol. The summed E-state index contributed by atoms with van der Waals surface area (Å²) in [5.74, 6) is -0.123. The summed E-state index contributed by atoms with van der Waals surface area (Å²) in [5, 5.41) is 2.14. The van der Waals surface area contributed by atoms with Gasteiger partial charge < -0.3 is 13.6 Å². The van der Waals surface area contributed by atoms with Crippen LogP contribution in [0.25, 0.3) is 0 Å². The van der Waals surface area contributed by atoms with Crippen molar-refractivity contribution in [1.82, 2.24) is 0 Å². The molecule has 0 radical (unpaired) electrons. The summed E-state index contributed by atoms with van der Waals surface area (Å²) in [6.45, 7) is 4.26. The largest absolute Gasteiger partial charge is 0.469 e. The second kappa shape index (κ2) is 20.9. The third kappa shape index (κ3) is 12.4. The lowest BCUT2D eigenvalue weighted by molar-refractivity contribution is -0.140. The van der Waals surface area contributed by atoms with Gasteiger partial charge in [-0.15, -0.1) is 0 Å². The van der Waals surface area contributed by atoms with E-state index in [1.165, 1.54) is 7.11 Å². The average Bonchev–Trinajstić information content (AvgIpc) is 3.07. The highest BCUT2D eigenvalue weighted by molar-refractivity contribution is 9.10. The maximum Gasteiger partial charge on any atom is 0.408 e. The van der Waals surface area contributed by atoms with Crippen LogP contribution in [0.2, 0.25) is 0 Å². The highest BCUT2D eigenvalue weighted by atomic mass is 79.9. The fourth-order valence-electron chi connectivity index (χ4n) is 5.18. The molecule has 0 fully saturated rings. The molecule has 3 aromatic rings. The Labute approximate surface area is 280 Å². The summed E-state index contributed by atoms with van der Waals surface area (Å²) in [7, 11) is -1.79. The van der Waals surface area contributed by atoms with E-state index in [0.717, 1.165) is 71.8 Å². The highest BCUT2D eigenvalue weighted by Gasteiger charge is 2.45. The minimum Gasteiger partial charge on any atom is -0.469 e. The van der Waals surface area contributed by atoms with Gasteiger partial charge in [-0.05, 0) is 61.0 Å². The molecule has 0 aliphatic heterocycles. The number of benzene rings is 3. The van der Waals surface area contributed by atoms with Crippen molar-refractivity contribution in [1.29, 1.82) is 0 Å². The van der Waals surface area contributed by atoms with Crippen molar-refractivity contribution in [2.24, 2.45) is 0 Å². The van der Waals surface area contributed by atoms with Crippen molar-refractivity contribution in [3.63, 3.8) is 0 Å². The Morgan fingerprint density at radius 1 is 0.756 bits per heavy atom. The van der Waals surface area contributed by atoms with Crippen LogP contribution in [-0.4, -0.2) is 27.7 Å². The maximum absolute atomic E-state index is 11.3. The van der Waals surface area contributed by atoms with Crippen LogP contribution in [0.3, 0.4) is 0 Å². The molecule has 240 valence electrons. The first-order chi connectivity index (χ1) is 22.0. The van der Waals surface area contributed by atoms with Crippen LogP contribution < -0.4 is 10.4 Å². The van der Waals surface area contributed by atoms with Crippen LogP contribution in [0.4, 0.5) is 0 Å². The van der Waals surface area contributed by atoms with E-state index in [2.05, 4.69) is 127 Å². The number of methoxy groups -OCH3 is 1. The van der Waals surface area contributed by atoms with Crippen molar-refractivity contribution in [2.45, 2.75) is 83.8 Å². The number of halogens is 1. The van der Waals surface area contributed by atoms with Gasteiger partial charge >= 0.3 is 14.5 Å². The quantitative estimate of drug-likeness (QED) is 0.0513. The van der Waals surface area contributed by atoms with Crippen molar-refractivity contribution >= 4 is 40.8 Å². The molecule has 0 bridgehead atoms. The molecule has 3 rings (SSSR count). The normalized spacial score (nSPS) is 13.5. The second-order valence-electron chi connectivity index (χ2n) is 11.1. The molecule has 45 heavy (non-hydrogen) atoms. The Morgan fingerprint density at radius 3 is 2.00 bits per heavy atom. The van der Waals surface area contributed by atoms with Crippen LogP contribution in [-0.2, 0) is 18.4 Å². The van der Waals surface area contributed by atoms with E-state index < -0.39 is 8.56 Å². The second-order valence-corrected chi connectivity index (χ2v) is 14.8. The fourth-order valence-corrected chi connectivity index (χ4v) is 9.15. The van der Waals surface area contributed by atoms with Crippen molar-refractivity contribution < 1.29 is 18.4 Å². The van der Waals surface area contributed by atoms with Crippen LogP contribution in [0.5, 0.6) is 0 Å². The molecule has 0 saturated heterocycles. The topological polar surface area (TPSA) is 44.8 Å². The summed E-state index contributed by atoms with van der Waals surface area (Å²) in [4.78, 5) is 11.3. The Hall–Kier alpha value is -3.03. The van der Waals surface area contributed by atoms with Gasteiger partial charge in [-0.2, -0.15) is 0 Å². The number of allylic oxidation sites excluding steroid dienone is 4. The fraction of sp³-hybridized carbons (Fsp3) is 0.359. The summed E-state index contributed by atoms with van der Waals surface area (Å²) < 4.78 is 20.3. The Morgan fingerprint density at radius 2 is 1.36 bits per heavy atom. The van der Waals surface area contributed by atoms with Gasteiger partial charge in [0.05, 0.1) is 19.3 Å². The summed E-state index contributed by atoms with van der Waals surface area (Å²) in [5.41, 5.74) is 1.09. The van der Waals surface area contributed by atoms with Gasteiger partial charge in [-0.25, -0.2) is 0 Å². The van der Waals surface area contributed by atoms with Crippen LogP contribution in [0, 0.1) is 0 Å². The number of hydrogen-bond donors (Lipinski definition) is 0. The van der Waals surface area contributed by atoms with E-state index >= 15 is 0 Å². The van der Waals surface area contributed by atoms with Crippen molar-refractivity contribution in [3.8, 4) is 0 Å². The van der Waals surface area contributed by atoms with Gasteiger partial charge in [-0.1, -0.05) is 157 Å². The van der Waals surface area contributed by atoms with Crippen LogP contribution >= 0.6 is 15.9 Å². The van der Waals surface area contributed by atoms with E-state index in [1.807, 2.05) is 24.3 Å². The first-order valence-corrected chi connectivity index (χ1v) is 18.9. The van der Waals surface area contributed by atoms with Crippen molar-refractivity contribution in [2.75, 3.05) is 7.11 Å². The predicted molar refractivity (Wildman–Crippen MR) is 193 cm³/mol. The molecule has 0 unspecified atom stereocenters. The third-order valence-electron chi connectivity index (χ3n) is 7.60. The average molecular weight is 690 g/mol. The molecule has 0 saturated carbocycles. The van der Waals surface area contributed by atoms with Gasteiger partial charge in [0.25, 0.3) is 0 Å². The molecule has 6 heteroatoms. The number of hydrogen-bond acceptors (Lipinski definition) is 4. The number of esters is 1. The minimum atomic E-state index is -3.24.